The number of allylic oxidation sites excluding steroid dienone is 1. The van der Waals surface area contributed by atoms with Crippen LogP contribution in [-0.4, -0.2) is 27.1 Å². The highest BCUT2D eigenvalue weighted by Gasteiger charge is 2.16. The number of ether oxygens (including phenoxy) is 3. The number of carbonyl (C=O) groups is 1. The second-order valence-corrected chi connectivity index (χ2v) is 5.88. The van der Waals surface area contributed by atoms with Crippen molar-refractivity contribution < 1.29 is 19.0 Å². The molecule has 0 fully saturated rings. The monoisotopic (exact) mass is 355 g/mol. The summed E-state index contributed by atoms with van der Waals surface area (Å²) >= 11 is 0. The van der Waals surface area contributed by atoms with Crippen LogP contribution in [0.15, 0.2) is 36.0 Å². The molecular formula is C21H25NO4. The molecule has 0 aromatic heterocycles. The van der Waals surface area contributed by atoms with Crippen LogP contribution in [0.1, 0.15) is 34.0 Å². The highest BCUT2D eigenvalue weighted by Crippen LogP contribution is 2.32. The molecule has 0 aliphatic heterocycles. The van der Waals surface area contributed by atoms with Crippen LogP contribution in [0.3, 0.4) is 0 Å². The van der Waals surface area contributed by atoms with Crippen LogP contribution in [-0.2, 0) is 6.42 Å². The quantitative estimate of drug-likeness (QED) is 0.605. The van der Waals surface area contributed by atoms with E-state index >= 15 is 0 Å². The number of hydrogen-bond acceptors (Lipinski definition) is 5. The molecule has 0 heterocycles. The van der Waals surface area contributed by atoms with Gasteiger partial charge in [-0.3, -0.25) is 4.79 Å². The van der Waals surface area contributed by atoms with Crippen LogP contribution in [0.2, 0.25) is 0 Å². The zero-order chi connectivity index (χ0) is 19.3. The fraction of sp³-hybridized carbons (Fsp3) is 0.286. The molecule has 0 aliphatic carbocycles. The van der Waals surface area contributed by atoms with Gasteiger partial charge >= 0.3 is 0 Å². The van der Waals surface area contributed by atoms with E-state index < -0.39 is 0 Å². The lowest BCUT2D eigenvalue weighted by atomic mass is 10.00. The number of nitrogens with two attached hydrogens (primary N) is 1. The Hall–Kier alpha value is -2.95. The number of rotatable bonds is 7. The second-order valence-electron chi connectivity index (χ2n) is 5.88. The van der Waals surface area contributed by atoms with Gasteiger partial charge in [0.05, 0.1) is 27.0 Å². The van der Waals surface area contributed by atoms with E-state index in [1.54, 1.807) is 32.4 Å². The highest BCUT2D eigenvalue weighted by molar-refractivity contribution is 6.11. The molecule has 0 unspecified atom stereocenters. The molecule has 2 aromatic rings. The summed E-state index contributed by atoms with van der Waals surface area (Å²) in [6, 6.07) is 9.13. The van der Waals surface area contributed by atoms with Gasteiger partial charge in [0.15, 0.2) is 11.5 Å². The summed E-state index contributed by atoms with van der Waals surface area (Å²) in [6.45, 7) is 3.91. The normalized spacial score (nSPS) is 11.2. The molecule has 0 saturated heterocycles. The fourth-order valence-electron chi connectivity index (χ4n) is 2.84. The Kier molecular flexibility index (Phi) is 6.28. The van der Waals surface area contributed by atoms with Crippen molar-refractivity contribution in [1.82, 2.24) is 0 Å². The Morgan fingerprint density at radius 2 is 1.81 bits per heavy atom. The molecule has 0 spiro atoms. The first-order valence-corrected chi connectivity index (χ1v) is 8.36. The molecule has 0 aliphatic rings. The Morgan fingerprint density at radius 1 is 1.08 bits per heavy atom. The summed E-state index contributed by atoms with van der Waals surface area (Å²) in [6.07, 6.45) is 2.52. The Bertz CT molecular complexity index is 840. The van der Waals surface area contributed by atoms with Gasteiger partial charge in [-0.1, -0.05) is 13.0 Å². The van der Waals surface area contributed by atoms with Gasteiger partial charge in [0.25, 0.3) is 0 Å². The average Bonchev–Trinajstić information content (AvgIpc) is 2.66. The van der Waals surface area contributed by atoms with E-state index in [2.05, 4.69) is 6.92 Å². The van der Waals surface area contributed by atoms with Crippen molar-refractivity contribution in [3.8, 4) is 17.2 Å². The van der Waals surface area contributed by atoms with Gasteiger partial charge in [-0.15, -0.1) is 0 Å². The molecule has 0 atom stereocenters. The number of aryl methyl sites for hydroxylation is 2. The smallest absolute Gasteiger partial charge is 0.208 e. The van der Waals surface area contributed by atoms with Crippen molar-refractivity contribution in [2.24, 2.45) is 5.73 Å². The molecule has 5 nitrogen and oxygen atoms in total. The zero-order valence-electron chi connectivity index (χ0n) is 15.9. The van der Waals surface area contributed by atoms with Gasteiger partial charge in [-0.2, -0.15) is 0 Å². The van der Waals surface area contributed by atoms with E-state index in [0.29, 0.717) is 17.1 Å². The number of methoxy groups -OCH3 is 3. The Balaban J connectivity index is 2.44. The second kappa shape index (κ2) is 8.43. The van der Waals surface area contributed by atoms with Crippen molar-refractivity contribution in [3.05, 3.63) is 58.3 Å². The van der Waals surface area contributed by atoms with E-state index in [4.69, 9.17) is 19.9 Å². The Labute approximate surface area is 154 Å². The summed E-state index contributed by atoms with van der Waals surface area (Å²) in [7, 11) is 4.71. The van der Waals surface area contributed by atoms with Crippen LogP contribution >= 0.6 is 0 Å². The fourth-order valence-corrected chi connectivity index (χ4v) is 2.84. The standard InChI is InChI=1S/C21H25NO4/c1-6-14-7-8-17(24-3)10-15(14)11-18(22)20(23)16-9-13(2)21(26-5)19(12-16)25-4/h7-12H,6,22H2,1-5H3/b18-11-. The van der Waals surface area contributed by atoms with Crippen LogP contribution in [0, 0.1) is 6.92 Å². The lowest BCUT2D eigenvalue weighted by molar-refractivity contribution is 0.103. The van der Waals surface area contributed by atoms with Crippen molar-refractivity contribution in [2.75, 3.05) is 21.3 Å². The summed E-state index contributed by atoms with van der Waals surface area (Å²) in [5.41, 5.74) is 9.48. The van der Waals surface area contributed by atoms with Crippen molar-refractivity contribution in [1.29, 1.82) is 0 Å². The molecule has 0 bridgehead atoms. The number of hydrogen-bond donors (Lipinski definition) is 1. The van der Waals surface area contributed by atoms with Gasteiger partial charge in [0.2, 0.25) is 5.78 Å². The van der Waals surface area contributed by atoms with Crippen molar-refractivity contribution in [3.63, 3.8) is 0 Å². The molecule has 0 saturated carbocycles. The molecule has 2 rings (SSSR count). The summed E-state index contributed by atoms with van der Waals surface area (Å²) in [5.74, 6) is 1.56. The minimum atomic E-state index is -0.265. The topological polar surface area (TPSA) is 70.8 Å². The van der Waals surface area contributed by atoms with E-state index in [1.165, 1.54) is 7.11 Å². The van der Waals surface area contributed by atoms with E-state index in [9.17, 15) is 4.79 Å². The Morgan fingerprint density at radius 3 is 2.38 bits per heavy atom. The maximum atomic E-state index is 12.8. The lowest BCUT2D eigenvalue weighted by Crippen LogP contribution is -2.12. The molecule has 0 radical (unpaired) electrons. The minimum absolute atomic E-state index is 0.152. The third-order valence-electron chi connectivity index (χ3n) is 4.23. The molecular weight excluding hydrogens is 330 g/mol. The highest BCUT2D eigenvalue weighted by atomic mass is 16.5. The first kappa shape index (κ1) is 19.4. The maximum Gasteiger partial charge on any atom is 0.208 e. The number of ketones is 1. The number of carbonyl (C=O) groups excluding carboxylic acids is 1. The van der Waals surface area contributed by atoms with Crippen LogP contribution in [0.4, 0.5) is 0 Å². The van der Waals surface area contributed by atoms with Gasteiger partial charge < -0.3 is 19.9 Å². The van der Waals surface area contributed by atoms with Crippen LogP contribution in [0.25, 0.3) is 6.08 Å². The molecule has 0 amide bonds. The largest absolute Gasteiger partial charge is 0.497 e. The van der Waals surface area contributed by atoms with Crippen molar-refractivity contribution >= 4 is 11.9 Å². The van der Waals surface area contributed by atoms with Gasteiger partial charge in [0, 0.05) is 5.56 Å². The minimum Gasteiger partial charge on any atom is -0.497 e. The molecule has 2 aromatic carbocycles. The number of Topliss-reactive ketones (excluding diaryl/α,β-unsaturated/α-hetero) is 1. The van der Waals surface area contributed by atoms with Crippen LogP contribution in [0.5, 0.6) is 17.2 Å². The summed E-state index contributed by atoms with van der Waals surface area (Å²) in [5, 5.41) is 0. The molecule has 138 valence electrons. The SMILES string of the molecule is CCc1ccc(OC)cc1/C=C(\N)C(=O)c1cc(C)c(OC)c(OC)c1. The average molecular weight is 355 g/mol. The van der Waals surface area contributed by atoms with E-state index in [1.807, 2.05) is 25.1 Å². The molecule has 2 N–H and O–H groups in total. The third-order valence-corrected chi connectivity index (χ3v) is 4.23. The van der Waals surface area contributed by atoms with E-state index in [-0.39, 0.29) is 11.5 Å². The van der Waals surface area contributed by atoms with Crippen LogP contribution < -0.4 is 19.9 Å². The van der Waals surface area contributed by atoms with Gasteiger partial charge in [0.1, 0.15) is 5.75 Å². The molecule has 5 heteroatoms. The first-order chi connectivity index (χ1) is 12.4. The lowest BCUT2D eigenvalue weighted by Gasteiger charge is -2.13. The molecule has 26 heavy (non-hydrogen) atoms. The summed E-state index contributed by atoms with van der Waals surface area (Å²) < 4.78 is 15.9. The first-order valence-electron chi connectivity index (χ1n) is 8.36. The summed E-state index contributed by atoms with van der Waals surface area (Å²) in [4.78, 5) is 12.8. The zero-order valence-corrected chi connectivity index (χ0v) is 15.9. The maximum absolute atomic E-state index is 12.8. The number of benzene rings is 2. The van der Waals surface area contributed by atoms with E-state index in [0.717, 1.165) is 28.9 Å². The van der Waals surface area contributed by atoms with Crippen molar-refractivity contribution in [2.45, 2.75) is 20.3 Å². The predicted octanol–water partition coefficient (Wildman–Crippen LogP) is 3.77. The third kappa shape index (κ3) is 3.99. The predicted molar refractivity (Wildman–Crippen MR) is 103 cm³/mol. The van der Waals surface area contributed by atoms with Gasteiger partial charge in [-0.25, -0.2) is 0 Å². The van der Waals surface area contributed by atoms with Gasteiger partial charge in [-0.05, 0) is 60.4 Å².